The van der Waals surface area contributed by atoms with Gasteiger partial charge in [-0.25, -0.2) is 0 Å². The first kappa shape index (κ1) is 12.6. The standard InChI is InChI=1S/C14H24N2O/c1-4-7-15-9-13-12-8-11(10(2)3)5-6-14(12)17-16-13/h10-11,15H,4-9H2,1-3H3. The van der Waals surface area contributed by atoms with Crippen LogP contribution >= 0.6 is 0 Å². The number of nitrogens with one attached hydrogen (secondary N) is 1. The van der Waals surface area contributed by atoms with Gasteiger partial charge in [-0.05, 0) is 37.6 Å². The largest absolute Gasteiger partial charge is 0.361 e. The van der Waals surface area contributed by atoms with Crippen LogP contribution in [-0.4, -0.2) is 11.7 Å². The van der Waals surface area contributed by atoms with Crippen molar-refractivity contribution < 1.29 is 4.52 Å². The maximum absolute atomic E-state index is 5.46. The molecule has 0 amide bonds. The average Bonchev–Trinajstić information content (AvgIpc) is 2.72. The lowest BCUT2D eigenvalue weighted by Gasteiger charge is -2.24. The summed E-state index contributed by atoms with van der Waals surface area (Å²) in [6.45, 7) is 8.73. The first-order valence-corrected chi connectivity index (χ1v) is 6.89. The third-order valence-electron chi connectivity index (χ3n) is 3.82. The van der Waals surface area contributed by atoms with E-state index in [1.807, 2.05) is 0 Å². The summed E-state index contributed by atoms with van der Waals surface area (Å²) in [7, 11) is 0. The molecule has 0 saturated carbocycles. The summed E-state index contributed by atoms with van der Waals surface area (Å²) in [6.07, 6.45) is 4.63. The number of rotatable bonds is 5. The SMILES string of the molecule is CCCNCc1noc2c1CC(C(C)C)CC2. The number of aryl methyl sites for hydroxylation is 1. The van der Waals surface area contributed by atoms with Crippen molar-refractivity contribution in [3.8, 4) is 0 Å². The highest BCUT2D eigenvalue weighted by Gasteiger charge is 2.26. The Morgan fingerprint density at radius 1 is 1.47 bits per heavy atom. The summed E-state index contributed by atoms with van der Waals surface area (Å²) < 4.78 is 5.46. The number of aromatic nitrogens is 1. The first-order valence-electron chi connectivity index (χ1n) is 6.89. The predicted octanol–water partition coefficient (Wildman–Crippen LogP) is 2.94. The second-order valence-electron chi connectivity index (χ2n) is 5.45. The predicted molar refractivity (Wildman–Crippen MR) is 68.9 cm³/mol. The zero-order valence-corrected chi connectivity index (χ0v) is 11.3. The van der Waals surface area contributed by atoms with E-state index in [0.29, 0.717) is 0 Å². The van der Waals surface area contributed by atoms with Crippen molar-refractivity contribution in [2.45, 2.75) is 53.0 Å². The Bertz CT molecular complexity index is 357. The number of nitrogens with zero attached hydrogens (tertiary/aromatic N) is 1. The van der Waals surface area contributed by atoms with E-state index in [1.54, 1.807) is 0 Å². The van der Waals surface area contributed by atoms with Gasteiger partial charge >= 0.3 is 0 Å². The van der Waals surface area contributed by atoms with Gasteiger partial charge < -0.3 is 9.84 Å². The van der Waals surface area contributed by atoms with Crippen molar-refractivity contribution in [3.05, 3.63) is 17.0 Å². The lowest BCUT2D eigenvalue weighted by atomic mass is 9.80. The van der Waals surface area contributed by atoms with Crippen molar-refractivity contribution in [2.75, 3.05) is 6.54 Å². The molecule has 0 aliphatic heterocycles. The average molecular weight is 236 g/mol. The molecule has 1 aromatic rings. The lowest BCUT2D eigenvalue weighted by Crippen LogP contribution is -2.21. The Labute approximate surface area is 104 Å². The van der Waals surface area contributed by atoms with Crippen molar-refractivity contribution in [2.24, 2.45) is 11.8 Å². The topological polar surface area (TPSA) is 38.1 Å². The van der Waals surface area contributed by atoms with Crippen LogP contribution in [0.4, 0.5) is 0 Å². The molecule has 1 atom stereocenters. The number of hydrogen-bond donors (Lipinski definition) is 1. The van der Waals surface area contributed by atoms with Crippen molar-refractivity contribution in [3.63, 3.8) is 0 Å². The summed E-state index contributed by atoms with van der Waals surface area (Å²) in [4.78, 5) is 0. The summed E-state index contributed by atoms with van der Waals surface area (Å²) in [5.74, 6) is 2.69. The molecule has 17 heavy (non-hydrogen) atoms. The van der Waals surface area contributed by atoms with Crippen LogP contribution in [0.5, 0.6) is 0 Å². The maximum Gasteiger partial charge on any atom is 0.140 e. The van der Waals surface area contributed by atoms with Crippen LogP contribution in [0, 0.1) is 11.8 Å². The van der Waals surface area contributed by atoms with Crippen LogP contribution in [0.25, 0.3) is 0 Å². The first-order chi connectivity index (χ1) is 8.22. The van der Waals surface area contributed by atoms with Gasteiger partial charge in [0.25, 0.3) is 0 Å². The van der Waals surface area contributed by atoms with Gasteiger partial charge in [-0.2, -0.15) is 0 Å². The molecule has 0 saturated heterocycles. The molecular formula is C14H24N2O. The summed E-state index contributed by atoms with van der Waals surface area (Å²) in [6, 6.07) is 0. The van der Waals surface area contributed by atoms with Gasteiger partial charge in [0.15, 0.2) is 0 Å². The summed E-state index contributed by atoms with van der Waals surface area (Å²) >= 11 is 0. The van der Waals surface area contributed by atoms with E-state index >= 15 is 0 Å². The minimum atomic E-state index is 0.759. The van der Waals surface area contributed by atoms with Crippen LogP contribution in [0.3, 0.4) is 0 Å². The Morgan fingerprint density at radius 2 is 2.29 bits per heavy atom. The van der Waals surface area contributed by atoms with E-state index in [1.165, 1.54) is 12.0 Å². The highest BCUT2D eigenvalue weighted by Crippen LogP contribution is 2.31. The summed E-state index contributed by atoms with van der Waals surface area (Å²) in [5, 5.41) is 7.64. The van der Waals surface area contributed by atoms with Gasteiger partial charge in [0.05, 0.1) is 0 Å². The highest BCUT2D eigenvalue weighted by molar-refractivity contribution is 5.26. The summed E-state index contributed by atoms with van der Waals surface area (Å²) in [5.41, 5.74) is 2.53. The van der Waals surface area contributed by atoms with Crippen LogP contribution < -0.4 is 5.32 Å². The monoisotopic (exact) mass is 236 g/mol. The van der Waals surface area contributed by atoms with Crippen molar-refractivity contribution >= 4 is 0 Å². The van der Waals surface area contributed by atoms with Gasteiger partial charge in [-0.15, -0.1) is 0 Å². The highest BCUT2D eigenvalue weighted by atomic mass is 16.5. The fourth-order valence-corrected chi connectivity index (χ4v) is 2.58. The Morgan fingerprint density at radius 3 is 3.00 bits per heavy atom. The molecule has 1 aliphatic carbocycles. The molecule has 0 fully saturated rings. The molecule has 1 aromatic heterocycles. The minimum Gasteiger partial charge on any atom is -0.361 e. The minimum absolute atomic E-state index is 0.759. The number of hydrogen-bond acceptors (Lipinski definition) is 3. The smallest absolute Gasteiger partial charge is 0.140 e. The molecule has 3 nitrogen and oxygen atoms in total. The van der Waals surface area contributed by atoms with Crippen molar-refractivity contribution in [1.29, 1.82) is 0 Å². The Hall–Kier alpha value is -0.830. The van der Waals surface area contributed by atoms with E-state index in [9.17, 15) is 0 Å². The van der Waals surface area contributed by atoms with Gasteiger partial charge in [0.1, 0.15) is 11.5 Å². The van der Waals surface area contributed by atoms with Crippen LogP contribution in [0.2, 0.25) is 0 Å². The van der Waals surface area contributed by atoms with E-state index in [4.69, 9.17) is 4.52 Å². The van der Waals surface area contributed by atoms with E-state index in [0.717, 1.165) is 55.6 Å². The van der Waals surface area contributed by atoms with Crippen LogP contribution in [0.1, 0.15) is 50.6 Å². The molecule has 0 radical (unpaired) electrons. The van der Waals surface area contributed by atoms with Gasteiger partial charge in [-0.1, -0.05) is 25.9 Å². The van der Waals surface area contributed by atoms with Gasteiger partial charge in [-0.3, -0.25) is 0 Å². The van der Waals surface area contributed by atoms with Crippen LogP contribution in [0.15, 0.2) is 4.52 Å². The third-order valence-corrected chi connectivity index (χ3v) is 3.82. The number of fused-ring (bicyclic) bond motifs is 1. The third kappa shape index (κ3) is 2.89. The Balaban J connectivity index is 2.03. The quantitative estimate of drug-likeness (QED) is 0.799. The normalized spacial score (nSPS) is 19.6. The molecule has 96 valence electrons. The zero-order valence-electron chi connectivity index (χ0n) is 11.3. The van der Waals surface area contributed by atoms with Gasteiger partial charge in [0.2, 0.25) is 0 Å². The molecule has 0 bridgehead atoms. The van der Waals surface area contributed by atoms with E-state index < -0.39 is 0 Å². The lowest BCUT2D eigenvalue weighted by molar-refractivity contribution is 0.305. The van der Waals surface area contributed by atoms with Gasteiger partial charge in [0, 0.05) is 18.5 Å². The zero-order chi connectivity index (χ0) is 12.3. The molecule has 0 spiro atoms. The van der Waals surface area contributed by atoms with E-state index in [2.05, 4.69) is 31.2 Å². The molecule has 1 aliphatic rings. The molecule has 3 heteroatoms. The molecule has 1 N–H and O–H groups in total. The van der Waals surface area contributed by atoms with E-state index in [-0.39, 0.29) is 0 Å². The van der Waals surface area contributed by atoms with Crippen molar-refractivity contribution in [1.82, 2.24) is 10.5 Å². The Kier molecular flexibility index (Phi) is 4.21. The molecule has 2 rings (SSSR count). The fourth-order valence-electron chi connectivity index (χ4n) is 2.58. The molecule has 1 unspecified atom stereocenters. The second-order valence-corrected chi connectivity index (χ2v) is 5.45. The van der Waals surface area contributed by atoms with Crippen LogP contribution in [-0.2, 0) is 19.4 Å². The maximum atomic E-state index is 5.46. The second kappa shape index (κ2) is 5.67. The molecule has 1 heterocycles. The fraction of sp³-hybridized carbons (Fsp3) is 0.786. The molecular weight excluding hydrogens is 212 g/mol. The molecule has 0 aromatic carbocycles.